The van der Waals surface area contributed by atoms with Gasteiger partial charge in [-0.3, -0.25) is 4.79 Å². The molecule has 0 spiro atoms. The molecule has 0 atom stereocenters. The lowest BCUT2D eigenvalue weighted by Crippen LogP contribution is -2.43. The van der Waals surface area contributed by atoms with Crippen molar-refractivity contribution in [2.45, 2.75) is 12.5 Å². The van der Waals surface area contributed by atoms with E-state index in [-0.39, 0.29) is 5.75 Å². The maximum absolute atomic E-state index is 12.9. The van der Waals surface area contributed by atoms with Gasteiger partial charge in [-0.05, 0) is 29.7 Å². The molecule has 0 aliphatic rings. The summed E-state index contributed by atoms with van der Waals surface area (Å²) in [6, 6.07) is 22.6. The van der Waals surface area contributed by atoms with Crippen LogP contribution in [0.4, 0.5) is 0 Å². The van der Waals surface area contributed by atoms with Gasteiger partial charge in [0.05, 0.1) is 6.21 Å². The number of hydrogen-bond donors (Lipinski definition) is 3. The lowest BCUT2D eigenvalue weighted by atomic mass is 9.85. The van der Waals surface area contributed by atoms with E-state index in [2.05, 4.69) is 10.5 Å². The summed E-state index contributed by atoms with van der Waals surface area (Å²) in [6.45, 7) is 1.77. The molecule has 136 valence electrons. The van der Waals surface area contributed by atoms with E-state index in [9.17, 15) is 15.0 Å². The maximum Gasteiger partial charge on any atom is 0.281 e. The van der Waals surface area contributed by atoms with E-state index in [1.165, 1.54) is 6.21 Å². The molecule has 3 N–H and O–H groups in total. The molecule has 0 aliphatic carbocycles. The molecule has 5 heteroatoms. The number of para-hydroxylation sites is 1. The largest absolute Gasteiger partial charge is 0.507 e. The van der Waals surface area contributed by atoms with Crippen molar-refractivity contribution in [1.82, 2.24) is 5.43 Å². The summed E-state index contributed by atoms with van der Waals surface area (Å²) in [5, 5.41) is 25.2. The standard InChI is InChI=1S/C22H20N2O3/c1-16-9-8-10-17(20(16)25)15-23-24-21(26)22(27,18-11-4-2-5-12-18)19-13-6-3-7-14-19/h2-15,25,27H,1H3,(H,24,26)/b23-15+. The summed E-state index contributed by atoms with van der Waals surface area (Å²) in [6.07, 6.45) is 1.34. The highest BCUT2D eigenvalue weighted by Gasteiger charge is 2.39. The Morgan fingerprint density at radius 1 is 0.926 bits per heavy atom. The van der Waals surface area contributed by atoms with Crippen LogP contribution in [-0.4, -0.2) is 22.3 Å². The fourth-order valence-electron chi connectivity index (χ4n) is 2.81. The summed E-state index contributed by atoms with van der Waals surface area (Å²) in [4.78, 5) is 12.9. The number of aromatic hydroxyl groups is 1. The molecule has 27 heavy (non-hydrogen) atoms. The lowest BCUT2D eigenvalue weighted by Gasteiger charge is -2.27. The molecule has 0 saturated heterocycles. The van der Waals surface area contributed by atoms with Gasteiger partial charge in [0.15, 0.2) is 5.60 Å². The van der Waals surface area contributed by atoms with Gasteiger partial charge in [-0.25, -0.2) is 5.43 Å². The molecule has 1 amide bonds. The first-order valence-corrected chi connectivity index (χ1v) is 8.49. The third-order valence-electron chi connectivity index (χ3n) is 4.35. The molecule has 3 aromatic carbocycles. The van der Waals surface area contributed by atoms with Crippen molar-refractivity contribution in [3.8, 4) is 5.75 Å². The van der Waals surface area contributed by atoms with Gasteiger partial charge in [-0.2, -0.15) is 5.10 Å². The van der Waals surface area contributed by atoms with E-state index in [1.807, 2.05) is 12.1 Å². The number of hydrazone groups is 1. The van der Waals surface area contributed by atoms with Gasteiger partial charge in [0.1, 0.15) is 5.75 Å². The van der Waals surface area contributed by atoms with Crippen LogP contribution in [0.3, 0.4) is 0 Å². The molecule has 0 radical (unpaired) electrons. The summed E-state index contributed by atoms with van der Waals surface area (Å²) in [7, 11) is 0. The van der Waals surface area contributed by atoms with E-state index >= 15 is 0 Å². The van der Waals surface area contributed by atoms with Crippen LogP contribution < -0.4 is 5.43 Å². The molecule has 0 aliphatic heterocycles. The molecular weight excluding hydrogens is 340 g/mol. The number of phenols is 1. The SMILES string of the molecule is Cc1cccc(/C=N/NC(=O)C(O)(c2ccccc2)c2ccccc2)c1O. The number of carbonyl (C=O) groups is 1. The van der Waals surface area contributed by atoms with Crippen LogP contribution in [0.1, 0.15) is 22.3 Å². The Kier molecular flexibility index (Phi) is 5.33. The van der Waals surface area contributed by atoms with Crippen LogP contribution in [0.2, 0.25) is 0 Å². The molecule has 3 aromatic rings. The smallest absolute Gasteiger partial charge is 0.281 e. The second-order valence-electron chi connectivity index (χ2n) is 6.15. The van der Waals surface area contributed by atoms with Crippen molar-refractivity contribution in [3.63, 3.8) is 0 Å². The molecule has 0 unspecified atom stereocenters. The summed E-state index contributed by atoms with van der Waals surface area (Å²) in [5.41, 5.74) is 2.53. The molecule has 0 bridgehead atoms. The number of hydrogen-bond acceptors (Lipinski definition) is 4. The van der Waals surface area contributed by atoms with Crippen molar-refractivity contribution >= 4 is 12.1 Å². The molecule has 0 heterocycles. The van der Waals surface area contributed by atoms with E-state index in [1.54, 1.807) is 73.7 Å². The van der Waals surface area contributed by atoms with E-state index in [0.29, 0.717) is 22.3 Å². The van der Waals surface area contributed by atoms with E-state index in [4.69, 9.17) is 0 Å². The van der Waals surface area contributed by atoms with Gasteiger partial charge in [-0.1, -0.05) is 72.8 Å². The van der Waals surface area contributed by atoms with Gasteiger partial charge < -0.3 is 10.2 Å². The van der Waals surface area contributed by atoms with Crippen LogP contribution >= 0.6 is 0 Å². The number of aliphatic hydroxyl groups is 1. The quantitative estimate of drug-likeness (QED) is 0.483. The van der Waals surface area contributed by atoms with Crippen molar-refractivity contribution < 1.29 is 15.0 Å². The van der Waals surface area contributed by atoms with Gasteiger partial charge in [0.25, 0.3) is 5.91 Å². The highest BCUT2D eigenvalue weighted by Crippen LogP contribution is 2.29. The zero-order valence-electron chi connectivity index (χ0n) is 14.8. The molecule has 0 fully saturated rings. The normalized spacial score (nSPS) is 11.5. The van der Waals surface area contributed by atoms with Gasteiger partial charge in [0.2, 0.25) is 0 Å². The van der Waals surface area contributed by atoms with Crippen LogP contribution in [-0.2, 0) is 10.4 Å². The zero-order valence-corrected chi connectivity index (χ0v) is 14.8. The summed E-state index contributed by atoms with van der Waals surface area (Å²) < 4.78 is 0. The molecular formula is C22H20N2O3. The number of carbonyl (C=O) groups excluding carboxylic acids is 1. The predicted molar refractivity (Wildman–Crippen MR) is 104 cm³/mol. The third-order valence-corrected chi connectivity index (χ3v) is 4.35. The minimum Gasteiger partial charge on any atom is -0.507 e. The van der Waals surface area contributed by atoms with Crippen molar-refractivity contribution in [2.24, 2.45) is 5.10 Å². The number of amides is 1. The first-order chi connectivity index (χ1) is 13.0. The van der Waals surface area contributed by atoms with Crippen molar-refractivity contribution in [2.75, 3.05) is 0 Å². The Hall–Kier alpha value is -3.44. The van der Waals surface area contributed by atoms with Gasteiger partial charge in [-0.15, -0.1) is 0 Å². The zero-order chi connectivity index (χ0) is 19.3. The number of nitrogens with zero attached hydrogens (tertiary/aromatic N) is 1. The Morgan fingerprint density at radius 2 is 1.48 bits per heavy atom. The number of benzene rings is 3. The van der Waals surface area contributed by atoms with Gasteiger partial charge in [0, 0.05) is 5.56 Å². The number of nitrogens with one attached hydrogen (secondary N) is 1. The number of aryl methyl sites for hydroxylation is 1. The first kappa shape index (κ1) is 18.4. The maximum atomic E-state index is 12.9. The van der Waals surface area contributed by atoms with E-state index < -0.39 is 11.5 Å². The first-order valence-electron chi connectivity index (χ1n) is 8.49. The minimum absolute atomic E-state index is 0.0943. The van der Waals surface area contributed by atoms with Crippen LogP contribution in [0.25, 0.3) is 0 Å². The Morgan fingerprint density at radius 3 is 2.04 bits per heavy atom. The Balaban J connectivity index is 1.91. The predicted octanol–water partition coefficient (Wildman–Crippen LogP) is 3.09. The minimum atomic E-state index is -1.89. The Labute approximate surface area is 157 Å². The van der Waals surface area contributed by atoms with Crippen molar-refractivity contribution in [3.05, 3.63) is 101 Å². The lowest BCUT2D eigenvalue weighted by molar-refractivity contribution is -0.136. The summed E-state index contributed by atoms with van der Waals surface area (Å²) in [5.74, 6) is -0.597. The van der Waals surface area contributed by atoms with Crippen LogP contribution in [0, 0.1) is 6.92 Å². The topological polar surface area (TPSA) is 81.9 Å². The molecule has 3 rings (SSSR count). The Bertz CT molecular complexity index is 914. The highest BCUT2D eigenvalue weighted by atomic mass is 16.3. The fraction of sp³-hybridized carbons (Fsp3) is 0.0909. The van der Waals surface area contributed by atoms with Crippen molar-refractivity contribution in [1.29, 1.82) is 0 Å². The molecule has 0 aromatic heterocycles. The van der Waals surface area contributed by atoms with E-state index in [0.717, 1.165) is 0 Å². The molecule has 5 nitrogen and oxygen atoms in total. The second-order valence-corrected chi connectivity index (χ2v) is 6.15. The second kappa shape index (κ2) is 7.85. The molecule has 0 saturated carbocycles. The highest BCUT2D eigenvalue weighted by molar-refractivity contribution is 5.91. The fourth-order valence-corrected chi connectivity index (χ4v) is 2.81. The average molecular weight is 360 g/mol. The third kappa shape index (κ3) is 3.73. The van der Waals surface area contributed by atoms with Crippen LogP contribution in [0.15, 0.2) is 84.0 Å². The number of rotatable bonds is 5. The van der Waals surface area contributed by atoms with Crippen LogP contribution in [0.5, 0.6) is 5.75 Å². The van der Waals surface area contributed by atoms with Gasteiger partial charge >= 0.3 is 0 Å². The summed E-state index contributed by atoms with van der Waals surface area (Å²) >= 11 is 0. The monoisotopic (exact) mass is 360 g/mol. The number of phenolic OH excluding ortho intramolecular Hbond substituents is 1. The average Bonchev–Trinajstić information content (AvgIpc) is 2.71.